The molecule has 0 unspecified atom stereocenters. The van der Waals surface area contributed by atoms with Gasteiger partial charge in [0, 0.05) is 16.5 Å². The van der Waals surface area contributed by atoms with Crippen LogP contribution in [0, 0.1) is 6.92 Å². The molecule has 0 aliphatic carbocycles. The Hall–Kier alpha value is -4.84. The Morgan fingerprint density at radius 1 is 0.846 bits per heavy atom. The number of carbonyl (C=O) groups is 2. The third-order valence-corrected chi connectivity index (χ3v) is 6.71. The zero-order chi connectivity index (χ0) is 27.4. The highest BCUT2D eigenvalue weighted by Crippen LogP contribution is 2.26. The van der Waals surface area contributed by atoms with E-state index in [1.54, 1.807) is 48.5 Å². The van der Waals surface area contributed by atoms with E-state index in [9.17, 15) is 14.0 Å². The number of nitrogens with one attached hydrogen (secondary N) is 2. The molecular formula is C33H28FN3O2. The van der Waals surface area contributed by atoms with Crippen LogP contribution in [0.1, 0.15) is 50.4 Å². The highest BCUT2D eigenvalue weighted by molar-refractivity contribution is 6.08. The van der Waals surface area contributed by atoms with Crippen molar-refractivity contribution in [2.24, 2.45) is 0 Å². The number of rotatable bonds is 7. The van der Waals surface area contributed by atoms with Crippen molar-refractivity contribution >= 4 is 28.5 Å². The lowest BCUT2D eigenvalue weighted by Gasteiger charge is -2.15. The van der Waals surface area contributed by atoms with E-state index in [0.29, 0.717) is 28.0 Å². The molecule has 5 nitrogen and oxygen atoms in total. The summed E-state index contributed by atoms with van der Waals surface area (Å²) in [6.07, 6.45) is 0. The summed E-state index contributed by atoms with van der Waals surface area (Å²) in [5, 5.41) is 6.71. The van der Waals surface area contributed by atoms with E-state index >= 15 is 0 Å². The molecule has 1 atom stereocenters. The van der Waals surface area contributed by atoms with Crippen LogP contribution in [-0.4, -0.2) is 16.8 Å². The Kier molecular flexibility index (Phi) is 7.46. The molecule has 5 aromatic rings. The van der Waals surface area contributed by atoms with Crippen LogP contribution in [0.15, 0.2) is 103 Å². The monoisotopic (exact) mass is 517 g/mol. The number of benzene rings is 4. The van der Waals surface area contributed by atoms with Crippen LogP contribution < -0.4 is 10.6 Å². The van der Waals surface area contributed by atoms with Crippen LogP contribution in [-0.2, 0) is 6.67 Å². The molecule has 6 heteroatoms. The summed E-state index contributed by atoms with van der Waals surface area (Å²) in [6, 6.07) is 31.1. The number of nitrogens with zero attached hydrogens (tertiary/aromatic N) is 1. The summed E-state index contributed by atoms with van der Waals surface area (Å²) in [4.78, 5) is 30.6. The van der Waals surface area contributed by atoms with Gasteiger partial charge in [-0.2, -0.15) is 0 Å². The van der Waals surface area contributed by atoms with Crippen molar-refractivity contribution in [3.63, 3.8) is 0 Å². The lowest BCUT2D eigenvalue weighted by atomic mass is 9.98. The molecule has 2 N–H and O–H groups in total. The number of anilines is 1. The number of pyridine rings is 1. The number of carbonyl (C=O) groups excluding carboxylic acids is 2. The van der Waals surface area contributed by atoms with Gasteiger partial charge in [0.15, 0.2) is 0 Å². The van der Waals surface area contributed by atoms with Gasteiger partial charge < -0.3 is 10.6 Å². The van der Waals surface area contributed by atoms with Crippen LogP contribution in [0.25, 0.3) is 22.0 Å². The fourth-order valence-electron chi connectivity index (χ4n) is 4.44. The molecule has 0 fully saturated rings. The third kappa shape index (κ3) is 5.85. The molecule has 2 amide bonds. The molecule has 4 aromatic carbocycles. The van der Waals surface area contributed by atoms with Gasteiger partial charge in [0.2, 0.25) is 0 Å². The molecule has 0 bridgehead atoms. The Labute approximate surface area is 226 Å². The average Bonchev–Trinajstić information content (AvgIpc) is 2.97. The van der Waals surface area contributed by atoms with Crippen LogP contribution in [0.5, 0.6) is 0 Å². The summed E-state index contributed by atoms with van der Waals surface area (Å²) >= 11 is 0. The highest BCUT2D eigenvalue weighted by Gasteiger charge is 2.15. The van der Waals surface area contributed by atoms with Gasteiger partial charge in [-0.05, 0) is 72.5 Å². The topological polar surface area (TPSA) is 71.1 Å². The van der Waals surface area contributed by atoms with Crippen molar-refractivity contribution < 1.29 is 14.0 Å². The summed E-state index contributed by atoms with van der Waals surface area (Å²) in [5.74, 6) is -0.0631. The van der Waals surface area contributed by atoms with E-state index in [4.69, 9.17) is 0 Å². The Bertz CT molecular complexity index is 1650. The van der Waals surface area contributed by atoms with Gasteiger partial charge >= 0.3 is 0 Å². The van der Waals surface area contributed by atoms with Crippen LogP contribution >= 0.6 is 0 Å². The van der Waals surface area contributed by atoms with Gasteiger partial charge in [0.1, 0.15) is 12.5 Å². The lowest BCUT2D eigenvalue weighted by Crippen LogP contribution is -2.26. The van der Waals surface area contributed by atoms with E-state index in [0.717, 1.165) is 22.1 Å². The Morgan fingerprint density at radius 3 is 2.33 bits per heavy atom. The Morgan fingerprint density at radius 2 is 1.59 bits per heavy atom. The molecule has 0 aliphatic rings. The SMILES string of the molecule is Cc1ccc([C@@H](C)NC(=O)c2ccc3nc(NC(=O)c4ccccc4-c4ccc(CF)cc4)ccc3c2)cc1. The first-order valence-corrected chi connectivity index (χ1v) is 12.7. The maximum Gasteiger partial charge on any atom is 0.257 e. The minimum atomic E-state index is -0.533. The van der Waals surface area contributed by atoms with Crippen LogP contribution in [0.2, 0.25) is 0 Å². The fraction of sp³-hybridized carbons (Fsp3) is 0.121. The van der Waals surface area contributed by atoms with Crippen molar-refractivity contribution in [3.05, 3.63) is 131 Å². The van der Waals surface area contributed by atoms with Crippen molar-refractivity contribution in [2.45, 2.75) is 26.6 Å². The van der Waals surface area contributed by atoms with E-state index in [1.165, 1.54) is 5.56 Å². The number of aryl methyl sites for hydroxylation is 1. The first-order valence-electron chi connectivity index (χ1n) is 12.7. The van der Waals surface area contributed by atoms with Crippen LogP contribution in [0.3, 0.4) is 0 Å². The largest absolute Gasteiger partial charge is 0.346 e. The summed E-state index contributed by atoms with van der Waals surface area (Å²) in [7, 11) is 0. The number of aromatic nitrogens is 1. The minimum Gasteiger partial charge on any atom is -0.346 e. The van der Waals surface area contributed by atoms with Gasteiger partial charge in [0.05, 0.1) is 11.6 Å². The molecule has 0 aliphatic heterocycles. The predicted molar refractivity (Wildman–Crippen MR) is 153 cm³/mol. The molecule has 39 heavy (non-hydrogen) atoms. The van der Waals surface area contributed by atoms with Crippen molar-refractivity contribution in [1.82, 2.24) is 10.3 Å². The van der Waals surface area contributed by atoms with E-state index in [1.807, 2.05) is 68.4 Å². The third-order valence-electron chi connectivity index (χ3n) is 6.71. The van der Waals surface area contributed by atoms with Gasteiger partial charge in [-0.15, -0.1) is 0 Å². The molecule has 0 radical (unpaired) electrons. The normalized spacial score (nSPS) is 11.7. The predicted octanol–water partition coefficient (Wildman–Crippen LogP) is 7.42. The van der Waals surface area contributed by atoms with Gasteiger partial charge in [-0.3, -0.25) is 9.59 Å². The summed E-state index contributed by atoms with van der Waals surface area (Å²) in [5.41, 5.74) is 6.05. The first kappa shape index (κ1) is 25.8. The second-order valence-electron chi connectivity index (χ2n) is 9.54. The molecular weight excluding hydrogens is 489 g/mol. The molecule has 5 rings (SSSR count). The average molecular weight is 518 g/mol. The number of hydrogen-bond acceptors (Lipinski definition) is 3. The fourth-order valence-corrected chi connectivity index (χ4v) is 4.44. The van der Waals surface area contributed by atoms with Gasteiger partial charge in [-0.25, -0.2) is 9.37 Å². The van der Waals surface area contributed by atoms with Crippen molar-refractivity contribution in [3.8, 4) is 11.1 Å². The zero-order valence-electron chi connectivity index (χ0n) is 21.7. The molecule has 1 aromatic heterocycles. The number of alkyl halides is 1. The standard InChI is InChI=1S/C33H28FN3O2/c1-21-7-11-24(12-8-21)22(2)35-32(38)27-15-17-30-26(19-27)16-18-31(36-30)37-33(39)29-6-4-3-5-28(29)25-13-9-23(20-34)10-14-25/h3-19,22H,20H2,1-2H3,(H,35,38)(H,36,37,39)/t22-/m1/s1. The molecule has 0 saturated carbocycles. The smallest absolute Gasteiger partial charge is 0.257 e. The molecule has 0 saturated heterocycles. The number of halogens is 1. The highest BCUT2D eigenvalue weighted by atomic mass is 19.1. The zero-order valence-corrected chi connectivity index (χ0v) is 21.7. The second-order valence-corrected chi connectivity index (χ2v) is 9.54. The maximum atomic E-state index is 13.2. The first-order chi connectivity index (χ1) is 18.9. The van der Waals surface area contributed by atoms with Gasteiger partial charge in [0.25, 0.3) is 11.8 Å². The quantitative estimate of drug-likeness (QED) is 0.236. The summed E-state index contributed by atoms with van der Waals surface area (Å²) in [6.45, 7) is 3.45. The lowest BCUT2D eigenvalue weighted by molar-refractivity contribution is 0.0939. The van der Waals surface area contributed by atoms with Crippen molar-refractivity contribution in [2.75, 3.05) is 5.32 Å². The van der Waals surface area contributed by atoms with Gasteiger partial charge in [-0.1, -0.05) is 72.3 Å². The molecule has 194 valence electrons. The maximum absolute atomic E-state index is 13.2. The molecule has 1 heterocycles. The van der Waals surface area contributed by atoms with Crippen molar-refractivity contribution in [1.29, 1.82) is 0 Å². The van der Waals surface area contributed by atoms with E-state index < -0.39 is 6.67 Å². The Balaban J connectivity index is 1.31. The number of amides is 2. The second kappa shape index (κ2) is 11.3. The van der Waals surface area contributed by atoms with Crippen LogP contribution in [0.4, 0.5) is 10.2 Å². The number of fused-ring (bicyclic) bond motifs is 1. The van der Waals surface area contributed by atoms with E-state index in [-0.39, 0.29) is 17.9 Å². The number of hydrogen-bond donors (Lipinski definition) is 2. The van der Waals surface area contributed by atoms with E-state index in [2.05, 4.69) is 15.6 Å². The minimum absolute atomic E-state index is 0.131. The molecule has 0 spiro atoms. The summed E-state index contributed by atoms with van der Waals surface area (Å²) < 4.78 is 12.9.